The van der Waals surface area contributed by atoms with Gasteiger partial charge in [-0.25, -0.2) is 18.6 Å². The van der Waals surface area contributed by atoms with Crippen LogP contribution in [-0.2, 0) is 13.1 Å². The van der Waals surface area contributed by atoms with E-state index in [0.29, 0.717) is 38.2 Å². The van der Waals surface area contributed by atoms with Crippen LogP contribution in [-0.4, -0.2) is 37.7 Å². The van der Waals surface area contributed by atoms with E-state index < -0.39 is 18.0 Å². The van der Waals surface area contributed by atoms with Gasteiger partial charge in [0.05, 0.1) is 22.6 Å². The van der Waals surface area contributed by atoms with Gasteiger partial charge in [-0.2, -0.15) is 0 Å². The monoisotopic (exact) mass is 555 g/mol. The minimum absolute atomic E-state index is 0.124. The van der Waals surface area contributed by atoms with Crippen molar-refractivity contribution in [2.24, 2.45) is 5.92 Å². The fourth-order valence-corrected chi connectivity index (χ4v) is 5.27. The first-order valence-electron chi connectivity index (χ1n) is 12.9. The minimum Gasteiger partial charge on any atom is -0.492 e. The molecule has 1 saturated carbocycles. The number of amides is 1. The number of pyridine rings is 2. The zero-order valence-corrected chi connectivity index (χ0v) is 21.9. The molecule has 0 radical (unpaired) electrons. The van der Waals surface area contributed by atoms with Gasteiger partial charge in [-0.15, -0.1) is 0 Å². The molecule has 204 valence electrons. The van der Waals surface area contributed by atoms with Crippen molar-refractivity contribution in [3.05, 3.63) is 87.7 Å². The maximum absolute atomic E-state index is 13.4. The van der Waals surface area contributed by atoms with Crippen LogP contribution in [0, 0.1) is 5.92 Å². The quantitative estimate of drug-likeness (QED) is 0.304. The fourth-order valence-electron chi connectivity index (χ4n) is 5.11. The second kappa shape index (κ2) is 11.9. The molecule has 1 aliphatic rings. The zero-order chi connectivity index (χ0) is 27.4. The number of carbonyl (C=O) groups excluding carboxylic acids is 1. The van der Waals surface area contributed by atoms with Crippen LogP contribution >= 0.6 is 11.6 Å². The molecule has 11 heteroatoms. The first-order valence-corrected chi connectivity index (χ1v) is 13.2. The van der Waals surface area contributed by atoms with Crippen molar-refractivity contribution in [3.63, 3.8) is 0 Å². The van der Waals surface area contributed by atoms with Gasteiger partial charge in [0.25, 0.3) is 12.3 Å². The number of rotatable bonds is 9. The Hall–Kier alpha value is -3.79. The van der Waals surface area contributed by atoms with Crippen LogP contribution in [0.1, 0.15) is 48.2 Å². The van der Waals surface area contributed by atoms with Crippen molar-refractivity contribution in [2.45, 2.75) is 51.2 Å². The Labute approximate surface area is 228 Å². The summed E-state index contributed by atoms with van der Waals surface area (Å²) >= 11 is 5.89. The SMILES string of the molecule is O=C(N[C@H]1CC[C@H](Cn2c(=O)n(CCOc3ccccc3)c3ncccc32)CC1)c1cc(Cl)cnc1C(F)F. The predicted molar refractivity (Wildman–Crippen MR) is 143 cm³/mol. The molecule has 1 aromatic carbocycles. The Morgan fingerprint density at radius 1 is 1.08 bits per heavy atom. The molecule has 3 heterocycles. The summed E-state index contributed by atoms with van der Waals surface area (Å²) in [7, 11) is 0. The van der Waals surface area contributed by atoms with Gasteiger partial charge in [0.2, 0.25) is 0 Å². The summed E-state index contributed by atoms with van der Waals surface area (Å²) in [6, 6.07) is 14.2. The van der Waals surface area contributed by atoms with E-state index in [0.717, 1.165) is 30.3 Å². The second-order valence-corrected chi connectivity index (χ2v) is 10.1. The van der Waals surface area contributed by atoms with Crippen molar-refractivity contribution in [1.29, 1.82) is 0 Å². The van der Waals surface area contributed by atoms with E-state index in [2.05, 4.69) is 15.3 Å². The highest BCUT2D eigenvalue weighted by Crippen LogP contribution is 2.28. The molecule has 5 rings (SSSR count). The number of hydrogen-bond donors (Lipinski definition) is 1. The maximum atomic E-state index is 13.4. The number of nitrogens with zero attached hydrogens (tertiary/aromatic N) is 4. The number of ether oxygens (including phenoxy) is 1. The molecule has 3 aromatic heterocycles. The van der Waals surface area contributed by atoms with Crippen molar-refractivity contribution in [2.75, 3.05) is 6.61 Å². The molecule has 0 bridgehead atoms. The van der Waals surface area contributed by atoms with E-state index >= 15 is 0 Å². The van der Waals surface area contributed by atoms with Gasteiger partial charge in [-0.3, -0.25) is 18.9 Å². The lowest BCUT2D eigenvalue weighted by Crippen LogP contribution is -2.39. The Kier molecular flexibility index (Phi) is 8.21. The standard InChI is InChI=1S/C28H28ClF2N5O3/c29-19-15-22(24(25(30)31)33-16-19)27(37)34-20-10-8-18(9-11-20)17-36-23-7-4-12-32-26(23)35(28(36)38)13-14-39-21-5-2-1-3-6-21/h1-7,12,15-16,18,20,25H,8-11,13-14,17H2,(H,34,37)/t18-,20-. The van der Waals surface area contributed by atoms with Crippen LogP contribution in [0.2, 0.25) is 5.02 Å². The van der Waals surface area contributed by atoms with Crippen LogP contribution in [0.15, 0.2) is 65.7 Å². The lowest BCUT2D eigenvalue weighted by Gasteiger charge is -2.29. The average Bonchev–Trinajstić information content (AvgIpc) is 3.20. The Morgan fingerprint density at radius 3 is 2.59 bits per heavy atom. The zero-order valence-electron chi connectivity index (χ0n) is 21.1. The van der Waals surface area contributed by atoms with Gasteiger partial charge in [0.1, 0.15) is 18.1 Å². The minimum atomic E-state index is -2.88. The van der Waals surface area contributed by atoms with E-state index in [-0.39, 0.29) is 28.2 Å². The number of nitrogens with one attached hydrogen (secondary N) is 1. The van der Waals surface area contributed by atoms with Gasteiger partial charge in [-0.1, -0.05) is 29.8 Å². The van der Waals surface area contributed by atoms with Gasteiger partial charge in [-0.05, 0) is 61.9 Å². The normalized spacial score (nSPS) is 17.4. The number of halogens is 3. The Balaban J connectivity index is 1.22. The lowest BCUT2D eigenvalue weighted by molar-refractivity contribution is 0.0904. The van der Waals surface area contributed by atoms with E-state index in [1.54, 1.807) is 15.3 Å². The predicted octanol–water partition coefficient (Wildman–Crippen LogP) is 5.25. The highest BCUT2D eigenvalue weighted by atomic mass is 35.5. The Morgan fingerprint density at radius 2 is 1.85 bits per heavy atom. The molecule has 0 aliphatic heterocycles. The molecule has 1 amide bonds. The number of para-hydroxylation sites is 1. The number of alkyl halides is 2. The van der Waals surface area contributed by atoms with Gasteiger partial charge in [0, 0.05) is 25.0 Å². The summed E-state index contributed by atoms with van der Waals surface area (Å²) < 4.78 is 35.8. The number of carbonyl (C=O) groups is 1. The summed E-state index contributed by atoms with van der Waals surface area (Å²) in [5.41, 5.74) is 0.464. The van der Waals surface area contributed by atoms with E-state index in [4.69, 9.17) is 16.3 Å². The highest BCUT2D eigenvalue weighted by Gasteiger charge is 2.27. The van der Waals surface area contributed by atoms with Crippen molar-refractivity contribution >= 4 is 28.7 Å². The van der Waals surface area contributed by atoms with Crippen LogP contribution in [0.3, 0.4) is 0 Å². The van der Waals surface area contributed by atoms with Crippen molar-refractivity contribution in [3.8, 4) is 5.75 Å². The third kappa shape index (κ3) is 6.11. The van der Waals surface area contributed by atoms with Crippen LogP contribution in [0.5, 0.6) is 5.75 Å². The number of aromatic nitrogens is 4. The smallest absolute Gasteiger partial charge is 0.330 e. The number of hydrogen-bond acceptors (Lipinski definition) is 5. The molecule has 0 unspecified atom stereocenters. The molecule has 0 saturated heterocycles. The summed E-state index contributed by atoms with van der Waals surface area (Å²) in [6.45, 7) is 1.23. The molecule has 1 N–H and O–H groups in total. The van der Waals surface area contributed by atoms with E-state index in [1.807, 2.05) is 42.5 Å². The fraction of sp³-hybridized carbons (Fsp3) is 0.357. The molecule has 0 spiro atoms. The van der Waals surface area contributed by atoms with Crippen molar-refractivity contribution in [1.82, 2.24) is 24.4 Å². The van der Waals surface area contributed by atoms with Crippen LogP contribution in [0.25, 0.3) is 11.2 Å². The summed E-state index contributed by atoms with van der Waals surface area (Å²) in [6.07, 6.45) is 2.79. The topological polar surface area (TPSA) is 91.0 Å². The molecule has 8 nitrogen and oxygen atoms in total. The molecular weight excluding hydrogens is 528 g/mol. The maximum Gasteiger partial charge on any atom is 0.330 e. The van der Waals surface area contributed by atoms with E-state index in [9.17, 15) is 18.4 Å². The molecule has 39 heavy (non-hydrogen) atoms. The second-order valence-electron chi connectivity index (χ2n) is 9.63. The molecule has 1 aliphatic carbocycles. The lowest BCUT2D eigenvalue weighted by atomic mass is 9.85. The average molecular weight is 556 g/mol. The molecule has 1 fully saturated rings. The van der Waals surface area contributed by atoms with E-state index in [1.165, 1.54) is 6.07 Å². The van der Waals surface area contributed by atoms with Gasteiger partial charge >= 0.3 is 5.69 Å². The molecule has 4 aromatic rings. The summed E-state index contributed by atoms with van der Waals surface area (Å²) in [5, 5.41) is 2.98. The third-order valence-electron chi connectivity index (χ3n) is 7.06. The first-order chi connectivity index (χ1) is 18.9. The first kappa shape index (κ1) is 26.8. The van der Waals surface area contributed by atoms with Gasteiger partial charge in [0.15, 0.2) is 5.65 Å². The summed E-state index contributed by atoms with van der Waals surface area (Å²) in [5.74, 6) is 0.357. The highest BCUT2D eigenvalue weighted by molar-refractivity contribution is 6.30. The molecule has 0 atom stereocenters. The van der Waals surface area contributed by atoms with Crippen molar-refractivity contribution < 1.29 is 18.3 Å². The Bertz CT molecular complexity index is 1500. The van der Waals surface area contributed by atoms with Gasteiger partial charge < -0.3 is 10.1 Å². The number of imidazole rings is 1. The largest absolute Gasteiger partial charge is 0.492 e. The van der Waals surface area contributed by atoms with Crippen LogP contribution < -0.4 is 15.7 Å². The molecular formula is C28H28ClF2N5O3. The third-order valence-corrected chi connectivity index (χ3v) is 7.27. The number of fused-ring (bicyclic) bond motifs is 1. The number of benzene rings is 1. The van der Waals surface area contributed by atoms with Crippen LogP contribution in [0.4, 0.5) is 8.78 Å². The summed E-state index contributed by atoms with van der Waals surface area (Å²) in [4.78, 5) is 34.2.